The molecule has 2 atom stereocenters. The molecule has 0 bridgehead atoms. The molecule has 0 saturated carbocycles. The van der Waals surface area contributed by atoms with Gasteiger partial charge in [-0.1, -0.05) is 24.3 Å². The van der Waals surface area contributed by atoms with Crippen molar-refractivity contribution in [1.29, 1.82) is 0 Å². The Morgan fingerprint density at radius 1 is 1.08 bits per heavy atom. The molecule has 1 aliphatic heterocycles. The Morgan fingerprint density at radius 3 is 2.50 bits per heavy atom. The summed E-state index contributed by atoms with van der Waals surface area (Å²) < 4.78 is 11.4. The molecular weight excluding hydrogens is 310 g/mol. The molecule has 0 radical (unpaired) electrons. The number of fused-ring (bicyclic) bond motifs is 1. The molecule has 2 aromatic carbocycles. The summed E-state index contributed by atoms with van der Waals surface area (Å²) >= 11 is 0. The first-order chi connectivity index (χ1) is 11.5. The highest BCUT2D eigenvalue weighted by Gasteiger charge is 2.33. The fraction of sp³-hybridized carbons (Fsp3) is 0.222. The minimum Gasteiger partial charge on any atom is -0.482 e. The maximum absolute atomic E-state index is 12.4. The van der Waals surface area contributed by atoms with Crippen LogP contribution in [0.4, 0.5) is 0 Å². The van der Waals surface area contributed by atoms with Crippen molar-refractivity contribution in [3.05, 3.63) is 59.7 Å². The molecule has 0 saturated heterocycles. The number of nitrogens with one attached hydrogen (secondary N) is 1. The van der Waals surface area contributed by atoms with Crippen molar-refractivity contribution in [3.8, 4) is 11.5 Å². The molecule has 6 heteroatoms. The van der Waals surface area contributed by atoms with E-state index in [-0.39, 0.29) is 18.0 Å². The number of amides is 1. The standard InChI is InChI=1S/C18H17NO5/c1-11-16(24-15-8-3-2-7-14(15)23-11)17(20)19-10-12-5-4-6-13(9-12)18(21)22/h2-9,11,16H,10H2,1H3,(H,19,20)(H,21,22)/t11-,16+/m0/s1. The van der Waals surface area contributed by atoms with Crippen molar-refractivity contribution in [1.82, 2.24) is 5.32 Å². The predicted octanol–water partition coefficient (Wildman–Crippen LogP) is 2.23. The third-order valence-electron chi connectivity index (χ3n) is 3.74. The minimum absolute atomic E-state index is 0.182. The predicted molar refractivity (Wildman–Crippen MR) is 86.2 cm³/mol. The average Bonchev–Trinajstić information content (AvgIpc) is 2.59. The number of carbonyl (C=O) groups is 2. The number of para-hydroxylation sites is 2. The minimum atomic E-state index is -1.00. The van der Waals surface area contributed by atoms with Crippen molar-refractivity contribution < 1.29 is 24.2 Å². The molecule has 24 heavy (non-hydrogen) atoms. The zero-order chi connectivity index (χ0) is 17.1. The van der Waals surface area contributed by atoms with Crippen LogP contribution in [-0.2, 0) is 11.3 Å². The molecule has 3 rings (SSSR count). The van der Waals surface area contributed by atoms with E-state index in [0.29, 0.717) is 17.1 Å². The molecule has 1 heterocycles. The molecule has 0 unspecified atom stereocenters. The molecule has 0 fully saturated rings. The number of rotatable bonds is 4. The number of benzene rings is 2. The first-order valence-corrected chi connectivity index (χ1v) is 7.57. The normalized spacial score (nSPS) is 18.7. The SMILES string of the molecule is C[C@@H]1Oc2ccccc2O[C@H]1C(=O)NCc1cccc(C(=O)O)c1. The molecule has 6 nitrogen and oxygen atoms in total. The van der Waals surface area contributed by atoms with Gasteiger partial charge in [0.05, 0.1) is 5.56 Å². The Hall–Kier alpha value is -3.02. The molecule has 1 aliphatic rings. The zero-order valence-electron chi connectivity index (χ0n) is 13.1. The maximum Gasteiger partial charge on any atom is 0.335 e. The van der Waals surface area contributed by atoms with E-state index in [4.69, 9.17) is 14.6 Å². The van der Waals surface area contributed by atoms with Crippen LogP contribution in [0.15, 0.2) is 48.5 Å². The lowest BCUT2D eigenvalue weighted by Crippen LogP contribution is -2.48. The highest BCUT2D eigenvalue weighted by molar-refractivity contribution is 5.87. The third-order valence-corrected chi connectivity index (χ3v) is 3.74. The lowest BCUT2D eigenvalue weighted by atomic mass is 10.1. The van der Waals surface area contributed by atoms with Crippen LogP contribution >= 0.6 is 0 Å². The summed E-state index contributed by atoms with van der Waals surface area (Å²) in [5, 5.41) is 11.8. The van der Waals surface area contributed by atoms with E-state index in [2.05, 4.69) is 5.32 Å². The van der Waals surface area contributed by atoms with Crippen molar-refractivity contribution in [2.45, 2.75) is 25.7 Å². The molecule has 0 aromatic heterocycles. The Bertz CT molecular complexity index is 774. The van der Waals surface area contributed by atoms with Gasteiger partial charge in [-0.25, -0.2) is 4.79 Å². The summed E-state index contributed by atoms with van der Waals surface area (Å²) in [7, 11) is 0. The van der Waals surface area contributed by atoms with Crippen LogP contribution in [-0.4, -0.2) is 29.2 Å². The maximum atomic E-state index is 12.4. The Balaban J connectivity index is 1.65. The summed E-state index contributed by atoms with van der Waals surface area (Å²) in [5.41, 5.74) is 0.884. The van der Waals surface area contributed by atoms with Crippen LogP contribution in [0.2, 0.25) is 0 Å². The van der Waals surface area contributed by atoms with E-state index in [1.807, 2.05) is 12.1 Å². The number of carboxylic acid groups (broad SMARTS) is 1. The van der Waals surface area contributed by atoms with Crippen LogP contribution in [0.5, 0.6) is 11.5 Å². The summed E-state index contributed by atoms with van der Waals surface area (Å²) in [6, 6.07) is 13.6. The van der Waals surface area contributed by atoms with E-state index < -0.39 is 18.2 Å². The van der Waals surface area contributed by atoms with Gasteiger partial charge >= 0.3 is 5.97 Å². The van der Waals surface area contributed by atoms with Gasteiger partial charge < -0.3 is 19.9 Å². The van der Waals surface area contributed by atoms with Crippen LogP contribution < -0.4 is 14.8 Å². The smallest absolute Gasteiger partial charge is 0.335 e. The monoisotopic (exact) mass is 327 g/mol. The van der Waals surface area contributed by atoms with Gasteiger partial charge in [-0.2, -0.15) is 0 Å². The topological polar surface area (TPSA) is 84.9 Å². The number of carboxylic acids is 1. The highest BCUT2D eigenvalue weighted by Crippen LogP contribution is 2.33. The van der Waals surface area contributed by atoms with E-state index >= 15 is 0 Å². The van der Waals surface area contributed by atoms with Crippen molar-refractivity contribution in [2.24, 2.45) is 0 Å². The summed E-state index contributed by atoms with van der Waals surface area (Å²) in [5.74, 6) is -0.165. The molecule has 1 amide bonds. The Labute approximate surface area is 139 Å². The van der Waals surface area contributed by atoms with Gasteiger partial charge in [-0.05, 0) is 36.8 Å². The number of aromatic carboxylic acids is 1. The van der Waals surface area contributed by atoms with Gasteiger partial charge in [-0.15, -0.1) is 0 Å². The van der Waals surface area contributed by atoms with Crippen LogP contribution in [0, 0.1) is 0 Å². The fourth-order valence-electron chi connectivity index (χ4n) is 2.51. The summed E-state index contributed by atoms with van der Waals surface area (Å²) in [6.45, 7) is 1.99. The van der Waals surface area contributed by atoms with Gasteiger partial charge in [0.25, 0.3) is 5.91 Å². The second-order valence-electron chi connectivity index (χ2n) is 5.53. The molecule has 2 N–H and O–H groups in total. The Kier molecular flexibility index (Phi) is 4.37. The first kappa shape index (κ1) is 15.9. The number of hydrogen-bond acceptors (Lipinski definition) is 4. The number of carbonyl (C=O) groups excluding carboxylic acids is 1. The fourth-order valence-corrected chi connectivity index (χ4v) is 2.51. The van der Waals surface area contributed by atoms with Gasteiger partial charge in [0.15, 0.2) is 11.5 Å². The third kappa shape index (κ3) is 3.32. The molecule has 2 aromatic rings. The van der Waals surface area contributed by atoms with Crippen LogP contribution in [0.3, 0.4) is 0 Å². The van der Waals surface area contributed by atoms with E-state index in [1.165, 1.54) is 12.1 Å². The van der Waals surface area contributed by atoms with Gasteiger partial charge in [0.2, 0.25) is 6.10 Å². The second-order valence-corrected chi connectivity index (χ2v) is 5.53. The zero-order valence-corrected chi connectivity index (χ0v) is 13.1. The lowest BCUT2D eigenvalue weighted by Gasteiger charge is -2.31. The number of hydrogen-bond donors (Lipinski definition) is 2. The summed E-state index contributed by atoms with van der Waals surface area (Å²) in [6.07, 6.45) is -1.19. The molecule has 0 spiro atoms. The Morgan fingerprint density at radius 2 is 1.79 bits per heavy atom. The molecule has 0 aliphatic carbocycles. The van der Waals surface area contributed by atoms with E-state index in [0.717, 1.165) is 0 Å². The van der Waals surface area contributed by atoms with E-state index in [1.54, 1.807) is 31.2 Å². The van der Waals surface area contributed by atoms with Crippen LogP contribution in [0.25, 0.3) is 0 Å². The largest absolute Gasteiger partial charge is 0.482 e. The average molecular weight is 327 g/mol. The first-order valence-electron chi connectivity index (χ1n) is 7.57. The highest BCUT2D eigenvalue weighted by atomic mass is 16.6. The van der Waals surface area contributed by atoms with Crippen LogP contribution in [0.1, 0.15) is 22.8 Å². The van der Waals surface area contributed by atoms with Crippen molar-refractivity contribution in [2.75, 3.05) is 0 Å². The van der Waals surface area contributed by atoms with Gasteiger partial charge in [0.1, 0.15) is 6.10 Å². The quantitative estimate of drug-likeness (QED) is 0.899. The number of ether oxygens (including phenoxy) is 2. The molecule has 124 valence electrons. The van der Waals surface area contributed by atoms with E-state index in [9.17, 15) is 9.59 Å². The summed E-state index contributed by atoms with van der Waals surface area (Å²) in [4.78, 5) is 23.4. The van der Waals surface area contributed by atoms with Crippen molar-refractivity contribution >= 4 is 11.9 Å². The van der Waals surface area contributed by atoms with Crippen molar-refractivity contribution in [3.63, 3.8) is 0 Å². The second kappa shape index (κ2) is 6.62. The van der Waals surface area contributed by atoms with Gasteiger partial charge in [-0.3, -0.25) is 4.79 Å². The van der Waals surface area contributed by atoms with Gasteiger partial charge in [0, 0.05) is 6.54 Å². The molecular formula is C18H17NO5. The lowest BCUT2D eigenvalue weighted by molar-refractivity contribution is -0.133.